The summed E-state index contributed by atoms with van der Waals surface area (Å²) in [6.45, 7) is 0. The van der Waals surface area contributed by atoms with Crippen LogP contribution in [0.5, 0.6) is 11.6 Å². The van der Waals surface area contributed by atoms with Gasteiger partial charge in [0, 0.05) is 35.3 Å². The van der Waals surface area contributed by atoms with E-state index < -0.39 is 0 Å². The number of hydrogen-bond acceptors (Lipinski definition) is 7. The highest BCUT2D eigenvalue weighted by atomic mass is 16.5. The number of nitrogen functional groups attached to an aromatic ring is 1. The molecule has 186 valence electrons. The number of anilines is 1. The number of benzene rings is 2. The minimum Gasteiger partial charge on any atom is -0.469 e. The zero-order chi connectivity index (χ0) is 25.4. The third-order valence-corrected chi connectivity index (χ3v) is 7.14. The van der Waals surface area contributed by atoms with Gasteiger partial charge in [0.25, 0.3) is 0 Å². The second-order valence-corrected chi connectivity index (χ2v) is 9.39. The Morgan fingerprint density at radius 3 is 2.57 bits per heavy atom. The third kappa shape index (κ3) is 4.35. The Morgan fingerprint density at radius 2 is 1.78 bits per heavy atom. The highest BCUT2D eigenvalue weighted by Gasteiger charge is 2.31. The van der Waals surface area contributed by atoms with E-state index in [0.717, 1.165) is 64.9 Å². The number of esters is 1. The maximum Gasteiger partial charge on any atom is 0.308 e. The predicted molar refractivity (Wildman–Crippen MR) is 141 cm³/mol. The van der Waals surface area contributed by atoms with Gasteiger partial charge >= 0.3 is 5.97 Å². The fourth-order valence-electron chi connectivity index (χ4n) is 5.24. The summed E-state index contributed by atoms with van der Waals surface area (Å²) < 4.78 is 12.9. The van der Waals surface area contributed by atoms with Crippen LogP contribution in [0.3, 0.4) is 0 Å². The predicted octanol–water partition coefficient (Wildman–Crippen LogP) is 5.77. The number of methoxy groups -OCH3 is 1. The molecule has 0 bridgehead atoms. The Bertz CT molecular complexity index is 1590. The summed E-state index contributed by atoms with van der Waals surface area (Å²) in [7, 11) is 1.45. The van der Waals surface area contributed by atoms with Crippen LogP contribution in [-0.4, -0.2) is 32.4 Å². The minimum atomic E-state index is -0.125. The van der Waals surface area contributed by atoms with Crippen LogP contribution in [0, 0.1) is 5.92 Å². The number of para-hydroxylation sites is 1. The third-order valence-electron chi connectivity index (χ3n) is 7.14. The molecule has 0 spiro atoms. The first-order valence-corrected chi connectivity index (χ1v) is 12.4. The topological polar surface area (TPSA) is 105 Å². The van der Waals surface area contributed by atoms with Crippen molar-refractivity contribution in [2.45, 2.75) is 31.6 Å². The van der Waals surface area contributed by atoms with E-state index in [1.165, 1.54) is 7.11 Å². The molecule has 0 radical (unpaired) electrons. The van der Waals surface area contributed by atoms with Crippen LogP contribution in [0.25, 0.3) is 27.7 Å². The molecule has 3 aromatic heterocycles. The highest BCUT2D eigenvalue weighted by molar-refractivity contribution is 5.90. The van der Waals surface area contributed by atoms with E-state index in [0.29, 0.717) is 11.7 Å². The minimum absolute atomic E-state index is 0.0439. The van der Waals surface area contributed by atoms with Gasteiger partial charge in [0.2, 0.25) is 5.88 Å². The van der Waals surface area contributed by atoms with Crippen LogP contribution < -0.4 is 10.5 Å². The second-order valence-electron chi connectivity index (χ2n) is 9.39. The van der Waals surface area contributed by atoms with Gasteiger partial charge in [-0.1, -0.05) is 30.3 Å². The Hall–Kier alpha value is -4.46. The molecule has 1 saturated carbocycles. The molecule has 8 heteroatoms. The van der Waals surface area contributed by atoms with Crippen LogP contribution in [0.4, 0.5) is 5.82 Å². The quantitative estimate of drug-likeness (QED) is 0.310. The van der Waals surface area contributed by atoms with Crippen molar-refractivity contribution in [2.75, 3.05) is 12.8 Å². The first kappa shape index (κ1) is 23.0. The van der Waals surface area contributed by atoms with Crippen molar-refractivity contribution in [3.8, 4) is 22.9 Å². The van der Waals surface area contributed by atoms with Crippen molar-refractivity contribution < 1.29 is 14.3 Å². The smallest absolute Gasteiger partial charge is 0.308 e. The van der Waals surface area contributed by atoms with Gasteiger partial charge in [0.1, 0.15) is 28.6 Å². The molecule has 2 N–H and O–H groups in total. The van der Waals surface area contributed by atoms with Crippen LogP contribution >= 0.6 is 0 Å². The Balaban J connectivity index is 1.37. The largest absolute Gasteiger partial charge is 0.469 e. The molecule has 1 aliphatic rings. The van der Waals surface area contributed by atoms with E-state index in [2.05, 4.69) is 4.98 Å². The number of carbonyl (C=O) groups is 1. The van der Waals surface area contributed by atoms with Crippen molar-refractivity contribution in [2.24, 2.45) is 5.92 Å². The summed E-state index contributed by atoms with van der Waals surface area (Å²) in [5.74, 6) is 2.67. The molecule has 5 aromatic rings. The number of ether oxygens (including phenoxy) is 2. The van der Waals surface area contributed by atoms with Gasteiger partial charge in [0.15, 0.2) is 0 Å². The van der Waals surface area contributed by atoms with Crippen molar-refractivity contribution in [3.05, 3.63) is 78.9 Å². The van der Waals surface area contributed by atoms with E-state index in [1.54, 1.807) is 6.20 Å². The zero-order valence-electron chi connectivity index (χ0n) is 20.5. The lowest BCUT2D eigenvalue weighted by atomic mass is 9.81. The fraction of sp³-hybridized carbons (Fsp3) is 0.241. The number of pyridine rings is 1. The van der Waals surface area contributed by atoms with E-state index in [9.17, 15) is 4.79 Å². The molecule has 1 aliphatic carbocycles. The highest BCUT2D eigenvalue weighted by Crippen LogP contribution is 2.39. The number of fused-ring (bicyclic) bond motifs is 2. The van der Waals surface area contributed by atoms with Crippen molar-refractivity contribution >= 4 is 28.2 Å². The Kier molecular flexibility index (Phi) is 5.92. The Labute approximate surface area is 214 Å². The maximum atomic E-state index is 12.0. The summed E-state index contributed by atoms with van der Waals surface area (Å²) in [6, 6.07) is 19.5. The molecule has 0 unspecified atom stereocenters. The molecular formula is C29H27N5O3. The zero-order valence-corrected chi connectivity index (χ0v) is 20.5. The SMILES string of the molecule is COC(=O)C1CCC(c2nc(-c3ccc4ccc(Oc5ccccc5)nc4c3)c3c(N)nccn23)CC1. The van der Waals surface area contributed by atoms with Gasteiger partial charge < -0.3 is 15.2 Å². The van der Waals surface area contributed by atoms with E-state index in [4.69, 9.17) is 25.2 Å². The van der Waals surface area contributed by atoms with Gasteiger partial charge in [-0.3, -0.25) is 9.20 Å². The molecule has 3 heterocycles. The van der Waals surface area contributed by atoms with Crippen molar-refractivity contribution in [1.29, 1.82) is 0 Å². The van der Waals surface area contributed by atoms with E-state index >= 15 is 0 Å². The van der Waals surface area contributed by atoms with Gasteiger partial charge in [0.05, 0.1) is 18.5 Å². The molecule has 0 aliphatic heterocycles. The molecule has 37 heavy (non-hydrogen) atoms. The normalized spacial score (nSPS) is 17.6. The van der Waals surface area contributed by atoms with Crippen LogP contribution in [-0.2, 0) is 9.53 Å². The fourth-order valence-corrected chi connectivity index (χ4v) is 5.24. The lowest BCUT2D eigenvalue weighted by molar-refractivity contribution is -0.146. The average molecular weight is 494 g/mol. The Morgan fingerprint density at radius 1 is 1.00 bits per heavy atom. The molecule has 0 amide bonds. The van der Waals surface area contributed by atoms with Crippen molar-refractivity contribution in [3.63, 3.8) is 0 Å². The molecule has 8 nitrogen and oxygen atoms in total. The number of rotatable bonds is 5. The van der Waals surface area contributed by atoms with Gasteiger partial charge in [-0.15, -0.1) is 0 Å². The monoisotopic (exact) mass is 493 g/mol. The maximum absolute atomic E-state index is 12.0. The molecule has 0 atom stereocenters. The second kappa shape index (κ2) is 9.54. The number of imidazole rings is 1. The van der Waals surface area contributed by atoms with E-state index in [1.807, 2.05) is 71.3 Å². The molecule has 6 rings (SSSR count). The summed E-state index contributed by atoms with van der Waals surface area (Å²) in [4.78, 5) is 26.2. The van der Waals surface area contributed by atoms with Crippen LogP contribution in [0.2, 0.25) is 0 Å². The lowest BCUT2D eigenvalue weighted by Crippen LogP contribution is -2.23. The number of aromatic nitrogens is 4. The van der Waals surface area contributed by atoms with Gasteiger partial charge in [-0.25, -0.2) is 15.0 Å². The number of hydrogen-bond donors (Lipinski definition) is 1. The van der Waals surface area contributed by atoms with Crippen LogP contribution in [0.1, 0.15) is 37.4 Å². The number of carbonyl (C=O) groups excluding carboxylic acids is 1. The number of nitrogens with two attached hydrogens (primary N) is 1. The summed E-state index contributed by atoms with van der Waals surface area (Å²) >= 11 is 0. The first-order valence-electron chi connectivity index (χ1n) is 12.4. The molecular weight excluding hydrogens is 466 g/mol. The van der Waals surface area contributed by atoms with Crippen LogP contribution in [0.15, 0.2) is 73.1 Å². The lowest BCUT2D eigenvalue weighted by Gasteiger charge is -2.26. The summed E-state index contributed by atoms with van der Waals surface area (Å²) in [5, 5.41) is 1.00. The number of nitrogens with zero attached hydrogens (tertiary/aromatic N) is 4. The summed E-state index contributed by atoms with van der Waals surface area (Å²) in [6.07, 6.45) is 6.90. The van der Waals surface area contributed by atoms with Crippen molar-refractivity contribution in [1.82, 2.24) is 19.4 Å². The van der Waals surface area contributed by atoms with Gasteiger partial charge in [-0.2, -0.15) is 0 Å². The first-order chi connectivity index (χ1) is 18.1. The van der Waals surface area contributed by atoms with Gasteiger partial charge in [-0.05, 0) is 49.9 Å². The molecule has 2 aromatic carbocycles. The van der Waals surface area contributed by atoms with E-state index in [-0.39, 0.29) is 17.8 Å². The molecule has 0 saturated heterocycles. The summed E-state index contributed by atoms with van der Waals surface area (Å²) in [5.41, 5.74) is 9.63. The molecule has 1 fully saturated rings. The standard InChI is InChI=1S/C29H27N5O3/c1-36-29(35)20-10-8-19(9-11-20)28-33-25(26-27(30)31-15-16-34(26)28)21-12-7-18-13-14-24(32-23(18)17-21)37-22-5-3-2-4-6-22/h2-7,12-17,19-20H,8-11H2,1H3,(H2,30,31). The average Bonchev–Trinajstić information content (AvgIpc) is 3.34.